The molecule has 0 saturated carbocycles. The second kappa shape index (κ2) is 11.8. The summed E-state index contributed by atoms with van der Waals surface area (Å²) < 4.78 is 5.48. The molecule has 0 fully saturated rings. The van der Waals surface area contributed by atoms with Gasteiger partial charge < -0.3 is 15.4 Å². The molecule has 0 radical (unpaired) electrons. The maximum absolute atomic E-state index is 12.2. The summed E-state index contributed by atoms with van der Waals surface area (Å²) in [5, 5.41) is 0. The van der Waals surface area contributed by atoms with Gasteiger partial charge >= 0.3 is 6.09 Å². The van der Waals surface area contributed by atoms with Gasteiger partial charge in [0.15, 0.2) is 0 Å². The van der Waals surface area contributed by atoms with Gasteiger partial charge in [-0.15, -0.1) is 0 Å². The van der Waals surface area contributed by atoms with Crippen LogP contribution in [0.3, 0.4) is 0 Å². The van der Waals surface area contributed by atoms with Crippen LogP contribution >= 0.6 is 0 Å². The van der Waals surface area contributed by atoms with E-state index < -0.39 is 5.60 Å². The number of hydrogen-bond acceptors (Lipinski definition) is 3. The number of ether oxygens (including phenoxy) is 1. The van der Waals surface area contributed by atoms with Crippen molar-refractivity contribution in [3.05, 3.63) is 0 Å². The number of rotatable bonds is 11. The topological polar surface area (TPSA) is 55.6 Å². The highest BCUT2D eigenvalue weighted by molar-refractivity contribution is 5.68. The summed E-state index contributed by atoms with van der Waals surface area (Å²) in [6.45, 7) is 10.3. The lowest BCUT2D eigenvalue weighted by atomic mass is 10.1. The lowest BCUT2D eigenvalue weighted by Gasteiger charge is -2.27. The van der Waals surface area contributed by atoms with E-state index in [0.29, 0.717) is 0 Å². The summed E-state index contributed by atoms with van der Waals surface area (Å²) in [6, 6.07) is 0. The average Bonchev–Trinajstić information content (AvgIpc) is 2.39. The molecule has 0 saturated heterocycles. The number of hydrogen-bond donors (Lipinski definition) is 1. The molecule has 0 aliphatic rings. The van der Waals surface area contributed by atoms with E-state index >= 15 is 0 Å². The van der Waals surface area contributed by atoms with E-state index in [1.165, 1.54) is 25.7 Å². The molecular formula is C17H36N2O2. The van der Waals surface area contributed by atoms with Crippen molar-refractivity contribution in [2.45, 2.75) is 84.7 Å². The van der Waals surface area contributed by atoms with E-state index in [4.69, 9.17) is 10.5 Å². The molecule has 126 valence electrons. The van der Waals surface area contributed by atoms with Crippen LogP contribution in [0, 0.1) is 0 Å². The molecule has 0 aromatic heterocycles. The fourth-order valence-electron chi connectivity index (χ4n) is 2.12. The van der Waals surface area contributed by atoms with Crippen molar-refractivity contribution in [1.82, 2.24) is 4.90 Å². The second-order valence-corrected chi connectivity index (χ2v) is 6.73. The van der Waals surface area contributed by atoms with Gasteiger partial charge in [0.05, 0.1) is 0 Å². The molecule has 2 N–H and O–H groups in total. The smallest absolute Gasteiger partial charge is 0.410 e. The van der Waals surface area contributed by atoms with Gasteiger partial charge in [-0.2, -0.15) is 0 Å². The largest absolute Gasteiger partial charge is 0.444 e. The van der Waals surface area contributed by atoms with Crippen LogP contribution in [0.2, 0.25) is 0 Å². The van der Waals surface area contributed by atoms with Crippen LogP contribution in [-0.2, 0) is 4.74 Å². The monoisotopic (exact) mass is 300 g/mol. The molecule has 0 heterocycles. The second-order valence-electron chi connectivity index (χ2n) is 6.73. The van der Waals surface area contributed by atoms with Gasteiger partial charge in [0, 0.05) is 13.1 Å². The molecule has 0 atom stereocenters. The highest BCUT2D eigenvalue weighted by Gasteiger charge is 2.21. The van der Waals surface area contributed by atoms with Gasteiger partial charge in [0.1, 0.15) is 5.60 Å². The zero-order chi connectivity index (χ0) is 16.1. The van der Waals surface area contributed by atoms with Gasteiger partial charge in [0.2, 0.25) is 0 Å². The van der Waals surface area contributed by atoms with Crippen molar-refractivity contribution in [3.8, 4) is 0 Å². The number of unbranched alkanes of at least 4 members (excludes halogenated alkanes) is 6. The third kappa shape index (κ3) is 12.7. The first-order valence-electron chi connectivity index (χ1n) is 8.58. The molecule has 0 rings (SSSR count). The molecule has 0 bridgehead atoms. The van der Waals surface area contributed by atoms with E-state index in [1.54, 1.807) is 0 Å². The normalized spacial score (nSPS) is 11.5. The van der Waals surface area contributed by atoms with Crippen LogP contribution in [0.25, 0.3) is 0 Å². The number of amides is 1. The first kappa shape index (κ1) is 20.2. The van der Waals surface area contributed by atoms with Crippen LogP contribution in [0.1, 0.15) is 79.1 Å². The molecule has 0 unspecified atom stereocenters. The summed E-state index contributed by atoms with van der Waals surface area (Å²) in [4.78, 5) is 14.0. The Kier molecular flexibility index (Phi) is 11.4. The van der Waals surface area contributed by atoms with Crippen molar-refractivity contribution in [2.75, 3.05) is 19.6 Å². The van der Waals surface area contributed by atoms with Crippen LogP contribution in [0.15, 0.2) is 0 Å². The van der Waals surface area contributed by atoms with E-state index in [9.17, 15) is 4.79 Å². The van der Waals surface area contributed by atoms with Crippen molar-refractivity contribution in [2.24, 2.45) is 5.73 Å². The quantitative estimate of drug-likeness (QED) is 0.578. The summed E-state index contributed by atoms with van der Waals surface area (Å²) in [5.41, 5.74) is 5.07. The molecule has 0 aliphatic carbocycles. The van der Waals surface area contributed by atoms with Crippen LogP contribution in [0.5, 0.6) is 0 Å². The van der Waals surface area contributed by atoms with Crippen molar-refractivity contribution < 1.29 is 9.53 Å². The maximum atomic E-state index is 12.2. The predicted octanol–water partition coefficient (Wildman–Crippen LogP) is 4.32. The number of nitrogens with zero attached hydrogens (tertiary/aromatic N) is 1. The van der Waals surface area contributed by atoms with E-state index in [-0.39, 0.29) is 6.09 Å². The van der Waals surface area contributed by atoms with Gasteiger partial charge in [-0.1, -0.05) is 39.0 Å². The number of carbonyl (C=O) groups excluding carboxylic acids is 1. The zero-order valence-corrected chi connectivity index (χ0v) is 14.6. The fraction of sp³-hybridized carbons (Fsp3) is 0.941. The Labute approximate surface area is 131 Å². The predicted molar refractivity (Wildman–Crippen MR) is 89.5 cm³/mol. The minimum absolute atomic E-state index is 0.168. The van der Waals surface area contributed by atoms with Crippen LogP contribution in [-0.4, -0.2) is 36.2 Å². The minimum atomic E-state index is -0.413. The van der Waals surface area contributed by atoms with Crippen molar-refractivity contribution >= 4 is 6.09 Å². The lowest BCUT2D eigenvalue weighted by Crippen LogP contribution is -2.38. The van der Waals surface area contributed by atoms with Crippen LogP contribution in [0.4, 0.5) is 4.79 Å². The van der Waals surface area contributed by atoms with Gasteiger partial charge in [-0.05, 0) is 46.6 Å². The van der Waals surface area contributed by atoms with E-state index in [1.807, 2.05) is 25.7 Å². The fourth-order valence-corrected chi connectivity index (χ4v) is 2.12. The molecule has 0 aromatic carbocycles. The standard InChI is InChI=1S/C17H36N2O2/c1-5-6-14-19(16(20)21-17(2,3)4)15-12-10-8-7-9-11-13-18/h5-15,18H2,1-4H3. The summed E-state index contributed by atoms with van der Waals surface area (Å²) >= 11 is 0. The highest BCUT2D eigenvalue weighted by atomic mass is 16.6. The van der Waals surface area contributed by atoms with Gasteiger partial charge in [0.25, 0.3) is 0 Å². The molecule has 1 amide bonds. The third-order valence-corrected chi connectivity index (χ3v) is 3.32. The Morgan fingerprint density at radius 2 is 1.48 bits per heavy atom. The van der Waals surface area contributed by atoms with E-state index in [0.717, 1.165) is 45.3 Å². The van der Waals surface area contributed by atoms with Gasteiger partial charge in [-0.3, -0.25) is 0 Å². The Morgan fingerprint density at radius 3 is 2.00 bits per heavy atom. The molecular weight excluding hydrogens is 264 g/mol. The first-order chi connectivity index (χ1) is 9.90. The summed E-state index contributed by atoms with van der Waals surface area (Å²) in [7, 11) is 0. The Morgan fingerprint density at radius 1 is 0.952 bits per heavy atom. The SMILES string of the molecule is CCCCN(CCCCCCCCN)C(=O)OC(C)(C)C. The molecule has 0 aliphatic heterocycles. The molecule has 0 aromatic rings. The molecule has 4 nitrogen and oxygen atoms in total. The van der Waals surface area contributed by atoms with Crippen molar-refractivity contribution in [1.29, 1.82) is 0 Å². The van der Waals surface area contributed by atoms with E-state index in [2.05, 4.69) is 6.92 Å². The van der Waals surface area contributed by atoms with Crippen LogP contribution < -0.4 is 5.73 Å². The summed E-state index contributed by atoms with van der Waals surface area (Å²) in [5.74, 6) is 0. The number of carbonyl (C=O) groups is 1. The third-order valence-electron chi connectivity index (χ3n) is 3.32. The molecule has 0 spiro atoms. The number of nitrogens with two attached hydrogens (primary N) is 1. The minimum Gasteiger partial charge on any atom is -0.444 e. The Hall–Kier alpha value is -0.770. The average molecular weight is 300 g/mol. The molecule has 21 heavy (non-hydrogen) atoms. The molecule has 4 heteroatoms. The van der Waals surface area contributed by atoms with Gasteiger partial charge in [-0.25, -0.2) is 4.79 Å². The Bertz CT molecular complexity index is 262. The lowest BCUT2D eigenvalue weighted by molar-refractivity contribution is 0.0244. The highest BCUT2D eigenvalue weighted by Crippen LogP contribution is 2.12. The zero-order valence-electron chi connectivity index (χ0n) is 14.6. The maximum Gasteiger partial charge on any atom is 0.410 e. The Balaban J connectivity index is 3.98. The van der Waals surface area contributed by atoms with Crippen molar-refractivity contribution in [3.63, 3.8) is 0 Å². The first-order valence-corrected chi connectivity index (χ1v) is 8.58. The summed E-state index contributed by atoms with van der Waals surface area (Å²) in [6.07, 6.45) is 9.03.